The highest BCUT2D eigenvalue weighted by Gasteiger charge is 2.21. The Balaban J connectivity index is 2.24. The molecule has 16 heavy (non-hydrogen) atoms. The van der Waals surface area contributed by atoms with Crippen LogP contribution in [0.3, 0.4) is 0 Å². The van der Waals surface area contributed by atoms with Gasteiger partial charge in [0, 0.05) is 40.1 Å². The van der Waals surface area contributed by atoms with Gasteiger partial charge < -0.3 is 10.3 Å². The Morgan fingerprint density at radius 1 is 1.38 bits per heavy atom. The molecule has 1 unspecified atom stereocenters. The number of aromatic nitrogens is 1. The fourth-order valence-electron chi connectivity index (χ4n) is 2.73. The van der Waals surface area contributed by atoms with E-state index in [0.29, 0.717) is 5.92 Å². The van der Waals surface area contributed by atoms with E-state index in [9.17, 15) is 0 Å². The Bertz CT molecular complexity index is 530. The summed E-state index contributed by atoms with van der Waals surface area (Å²) in [6.07, 6.45) is 2.47. The summed E-state index contributed by atoms with van der Waals surface area (Å²) in [7, 11) is 0. The van der Waals surface area contributed by atoms with Gasteiger partial charge in [0.05, 0.1) is 0 Å². The van der Waals surface area contributed by atoms with Gasteiger partial charge in [-0.25, -0.2) is 0 Å². The number of hydrogen-bond donors (Lipinski definition) is 1. The van der Waals surface area contributed by atoms with Gasteiger partial charge >= 0.3 is 0 Å². The van der Waals surface area contributed by atoms with Crippen molar-refractivity contribution in [1.29, 1.82) is 0 Å². The van der Waals surface area contributed by atoms with E-state index in [1.54, 1.807) is 0 Å². The summed E-state index contributed by atoms with van der Waals surface area (Å²) in [5.41, 5.74) is 8.61. The molecule has 0 fully saturated rings. The maximum Gasteiger partial charge on any atom is 0.0483 e. The van der Waals surface area contributed by atoms with Crippen LogP contribution in [0.4, 0.5) is 0 Å². The first kappa shape index (κ1) is 10.4. The Hall–Kier alpha value is -0.800. The van der Waals surface area contributed by atoms with E-state index >= 15 is 0 Å². The molecule has 1 aromatic carbocycles. The Labute approximate surface area is 104 Å². The van der Waals surface area contributed by atoms with Crippen LogP contribution in [0.15, 0.2) is 28.7 Å². The normalized spacial score (nSPS) is 20.0. The number of halogens is 1. The molecule has 2 N–H and O–H groups in total. The molecule has 0 aliphatic carbocycles. The van der Waals surface area contributed by atoms with Gasteiger partial charge in [-0.15, -0.1) is 0 Å². The van der Waals surface area contributed by atoms with Crippen molar-refractivity contribution in [2.75, 3.05) is 6.54 Å². The second-order valence-corrected chi connectivity index (χ2v) is 5.41. The standard InChI is InChI=1S/C13H15BrN2/c14-11-3-4-12-10(6-11)7-13-9(8-15)2-1-5-16(12)13/h3-4,6-7,9H,1-2,5,8,15H2. The fraction of sp³-hybridized carbons (Fsp3) is 0.385. The third-order valence-electron chi connectivity index (χ3n) is 3.53. The third kappa shape index (κ3) is 1.50. The average molecular weight is 279 g/mol. The van der Waals surface area contributed by atoms with Crippen LogP contribution in [-0.4, -0.2) is 11.1 Å². The average Bonchev–Trinajstić information content (AvgIpc) is 2.65. The van der Waals surface area contributed by atoms with Gasteiger partial charge in [0.25, 0.3) is 0 Å². The van der Waals surface area contributed by atoms with Crippen molar-refractivity contribution in [3.05, 3.63) is 34.4 Å². The van der Waals surface area contributed by atoms with Crippen LogP contribution in [0.5, 0.6) is 0 Å². The van der Waals surface area contributed by atoms with Crippen LogP contribution in [0, 0.1) is 0 Å². The molecule has 84 valence electrons. The van der Waals surface area contributed by atoms with Crippen molar-refractivity contribution in [3.8, 4) is 0 Å². The third-order valence-corrected chi connectivity index (χ3v) is 4.03. The van der Waals surface area contributed by atoms with Gasteiger partial charge in [-0.1, -0.05) is 15.9 Å². The van der Waals surface area contributed by atoms with Gasteiger partial charge in [-0.05, 0) is 37.1 Å². The summed E-state index contributed by atoms with van der Waals surface area (Å²) < 4.78 is 3.58. The van der Waals surface area contributed by atoms with Crippen LogP contribution in [0.1, 0.15) is 24.5 Å². The van der Waals surface area contributed by atoms with Gasteiger partial charge in [0.2, 0.25) is 0 Å². The highest BCUT2D eigenvalue weighted by molar-refractivity contribution is 9.10. The number of hydrogen-bond acceptors (Lipinski definition) is 1. The van der Waals surface area contributed by atoms with Crippen LogP contribution < -0.4 is 5.73 Å². The maximum atomic E-state index is 5.85. The second kappa shape index (κ2) is 3.90. The molecule has 0 radical (unpaired) electrons. The van der Waals surface area contributed by atoms with Gasteiger partial charge in [0.1, 0.15) is 0 Å². The van der Waals surface area contributed by atoms with Crippen molar-refractivity contribution < 1.29 is 0 Å². The van der Waals surface area contributed by atoms with E-state index < -0.39 is 0 Å². The number of nitrogens with two attached hydrogens (primary N) is 1. The molecule has 1 aliphatic rings. The van der Waals surface area contributed by atoms with E-state index in [1.165, 1.54) is 29.4 Å². The summed E-state index contributed by atoms with van der Waals surface area (Å²) in [6.45, 7) is 1.90. The molecular weight excluding hydrogens is 264 g/mol. The zero-order chi connectivity index (χ0) is 11.1. The van der Waals surface area contributed by atoms with Crippen LogP contribution in [0.25, 0.3) is 10.9 Å². The molecule has 2 aromatic rings. The molecule has 2 heterocycles. The molecule has 0 saturated carbocycles. The Morgan fingerprint density at radius 2 is 2.25 bits per heavy atom. The van der Waals surface area contributed by atoms with Crippen molar-refractivity contribution in [1.82, 2.24) is 4.57 Å². The van der Waals surface area contributed by atoms with E-state index in [1.807, 2.05) is 0 Å². The molecule has 3 heteroatoms. The van der Waals surface area contributed by atoms with E-state index in [-0.39, 0.29) is 0 Å². The van der Waals surface area contributed by atoms with Gasteiger partial charge in [-0.3, -0.25) is 0 Å². The zero-order valence-corrected chi connectivity index (χ0v) is 10.7. The van der Waals surface area contributed by atoms with E-state index in [0.717, 1.165) is 17.6 Å². The first-order chi connectivity index (χ1) is 7.79. The quantitative estimate of drug-likeness (QED) is 0.853. The molecule has 1 aromatic heterocycles. The predicted octanol–water partition coefficient (Wildman–Crippen LogP) is 3.24. The molecule has 1 aliphatic heterocycles. The monoisotopic (exact) mass is 278 g/mol. The number of fused-ring (bicyclic) bond motifs is 3. The zero-order valence-electron chi connectivity index (χ0n) is 9.12. The number of nitrogens with zero attached hydrogens (tertiary/aromatic N) is 1. The lowest BCUT2D eigenvalue weighted by Gasteiger charge is -2.24. The number of rotatable bonds is 1. The van der Waals surface area contributed by atoms with Crippen molar-refractivity contribution in [2.24, 2.45) is 5.73 Å². The summed E-state index contributed by atoms with van der Waals surface area (Å²) in [5.74, 6) is 0.542. The van der Waals surface area contributed by atoms with E-state index in [4.69, 9.17) is 5.73 Å². The minimum Gasteiger partial charge on any atom is -0.344 e. The first-order valence-electron chi connectivity index (χ1n) is 5.78. The van der Waals surface area contributed by atoms with Crippen LogP contribution >= 0.6 is 15.9 Å². The van der Waals surface area contributed by atoms with Crippen molar-refractivity contribution >= 4 is 26.8 Å². The van der Waals surface area contributed by atoms with Gasteiger partial charge in [-0.2, -0.15) is 0 Å². The first-order valence-corrected chi connectivity index (χ1v) is 6.57. The van der Waals surface area contributed by atoms with Crippen molar-refractivity contribution in [2.45, 2.75) is 25.3 Å². The number of aryl methyl sites for hydroxylation is 1. The maximum absolute atomic E-state index is 5.85. The summed E-state index contributed by atoms with van der Waals surface area (Å²) in [6, 6.07) is 8.80. The lowest BCUT2D eigenvalue weighted by Crippen LogP contribution is -2.21. The molecular formula is C13H15BrN2. The van der Waals surface area contributed by atoms with Gasteiger partial charge in [0.15, 0.2) is 0 Å². The molecule has 1 atom stereocenters. The molecule has 3 rings (SSSR count). The summed E-state index contributed by atoms with van der Waals surface area (Å²) >= 11 is 3.52. The summed E-state index contributed by atoms with van der Waals surface area (Å²) in [5, 5.41) is 1.32. The minimum atomic E-state index is 0.542. The SMILES string of the molecule is NCC1CCCn2c1cc1cc(Br)ccc12. The molecule has 2 nitrogen and oxygen atoms in total. The predicted molar refractivity (Wildman–Crippen MR) is 70.7 cm³/mol. The topological polar surface area (TPSA) is 30.9 Å². The van der Waals surface area contributed by atoms with Crippen LogP contribution in [0.2, 0.25) is 0 Å². The molecule has 0 saturated heterocycles. The largest absolute Gasteiger partial charge is 0.344 e. The number of benzene rings is 1. The highest BCUT2D eigenvalue weighted by atomic mass is 79.9. The lowest BCUT2D eigenvalue weighted by molar-refractivity contribution is 0.467. The Kier molecular flexibility index (Phi) is 2.52. The van der Waals surface area contributed by atoms with E-state index in [2.05, 4.69) is 44.8 Å². The molecule has 0 spiro atoms. The molecule has 0 bridgehead atoms. The summed E-state index contributed by atoms with van der Waals surface area (Å²) in [4.78, 5) is 0. The smallest absolute Gasteiger partial charge is 0.0483 e. The fourth-order valence-corrected chi connectivity index (χ4v) is 3.11. The molecule has 0 amide bonds. The second-order valence-electron chi connectivity index (χ2n) is 4.50. The Morgan fingerprint density at radius 3 is 3.06 bits per heavy atom. The van der Waals surface area contributed by atoms with Crippen LogP contribution in [-0.2, 0) is 6.54 Å². The highest BCUT2D eigenvalue weighted by Crippen LogP contribution is 2.33. The lowest BCUT2D eigenvalue weighted by atomic mass is 9.96. The van der Waals surface area contributed by atoms with Crippen molar-refractivity contribution in [3.63, 3.8) is 0 Å². The minimum absolute atomic E-state index is 0.542.